The van der Waals surface area contributed by atoms with E-state index in [4.69, 9.17) is 9.26 Å². The molecule has 2 aromatic rings. The van der Waals surface area contributed by atoms with Crippen molar-refractivity contribution < 1.29 is 26.6 Å². The Balaban J connectivity index is 1.82. The van der Waals surface area contributed by atoms with Crippen molar-refractivity contribution in [3.63, 3.8) is 0 Å². The van der Waals surface area contributed by atoms with Crippen LogP contribution in [0.4, 0.5) is 13.2 Å². The Labute approximate surface area is 126 Å². The molecule has 0 radical (unpaired) electrons. The number of hydrogen-bond donors (Lipinski definition) is 0. The summed E-state index contributed by atoms with van der Waals surface area (Å²) in [6.45, 7) is 0.867. The summed E-state index contributed by atoms with van der Waals surface area (Å²) in [5.74, 6) is 0.700. The van der Waals surface area contributed by atoms with Crippen LogP contribution in [0.5, 0.6) is 0 Å². The third-order valence-corrected chi connectivity index (χ3v) is 4.68. The van der Waals surface area contributed by atoms with Crippen LogP contribution in [0.1, 0.15) is 22.6 Å². The van der Waals surface area contributed by atoms with Gasteiger partial charge in [0.25, 0.3) is 0 Å². The van der Waals surface area contributed by atoms with Gasteiger partial charge in [0.15, 0.2) is 0 Å². The number of ether oxygens (including phenoxy) is 1. The normalized spacial score (nSPS) is 16.3. The van der Waals surface area contributed by atoms with Crippen LogP contribution in [0.25, 0.3) is 0 Å². The molecule has 0 spiro atoms. The second kappa shape index (κ2) is 5.85. The molecule has 3 rings (SSSR count). The summed E-state index contributed by atoms with van der Waals surface area (Å²) in [5, 5.41) is 3.86. The number of alkyl halides is 3. The summed E-state index contributed by atoms with van der Waals surface area (Å²) in [7, 11) is -1.63. The van der Waals surface area contributed by atoms with Gasteiger partial charge in [-0.05, 0) is 18.2 Å². The molecule has 0 fully saturated rings. The predicted octanol–water partition coefficient (Wildman–Crippen LogP) is 3.07. The largest absolute Gasteiger partial charge is 0.416 e. The van der Waals surface area contributed by atoms with Gasteiger partial charge in [0.05, 0.1) is 35.3 Å². The fraction of sp³-hybridized carbons (Fsp3) is 0.357. The fourth-order valence-corrected chi connectivity index (χ4v) is 3.35. The molecule has 0 amide bonds. The number of aromatic nitrogens is 1. The van der Waals surface area contributed by atoms with Gasteiger partial charge in [-0.1, -0.05) is 11.2 Å². The van der Waals surface area contributed by atoms with Gasteiger partial charge in [0.1, 0.15) is 11.5 Å². The molecule has 1 aliphatic rings. The maximum absolute atomic E-state index is 12.7. The highest BCUT2D eigenvalue weighted by Crippen LogP contribution is 2.31. The van der Waals surface area contributed by atoms with E-state index >= 15 is 0 Å². The van der Waals surface area contributed by atoms with Crippen molar-refractivity contribution in [1.82, 2.24) is 5.16 Å². The molecule has 1 aromatic heterocycles. The molecule has 1 unspecified atom stereocenters. The highest BCUT2D eigenvalue weighted by Gasteiger charge is 2.31. The van der Waals surface area contributed by atoms with Gasteiger partial charge < -0.3 is 9.26 Å². The number of halogens is 3. The van der Waals surface area contributed by atoms with Crippen molar-refractivity contribution in [1.29, 1.82) is 0 Å². The fourth-order valence-electron chi connectivity index (χ4n) is 2.22. The summed E-state index contributed by atoms with van der Waals surface area (Å²) in [6.07, 6.45) is -3.86. The first-order valence-electron chi connectivity index (χ1n) is 6.55. The van der Waals surface area contributed by atoms with Crippen LogP contribution in [0.2, 0.25) is 0 Å². The van der Waals surface area contributed by atoms with Gasteiger partial charge in [-0.25, -0.2) is 0 Å². The van der Waals surface area contributed by atoms with E-state index in [1.54, 1.807) is 0 Å². The molecule has 118 valence electrons. The topological polar surface area (TPSA) is 52.3 Å². The van der Waals surface area contributed by atoms with Crippen molar-refractivity contribution in [2.45, 2.75) is 29.9 Å². The van der Waals surface area contributed by atoms with E-state index < -0.39 is 22.5 Å². The minimum absolute atomic E-state index is 0.00348. The van der Waals surface area contributed by atoms with Gasteiger partial charge in [-0.2, -0.15) is 13.2 Å². The van der Waals surface area contributed by atoms with Crippen molar-refractivity contribution in [3.05, 3.63) is 46.8 Å². The van der Waals surface area contributed by atoms with Crippen LogP contribution in [-0.4, -0.2) is 16.0 Å². The van der Waals surface area contributed by atoms with Crippen LogP contribution in [-0.2, 0) is 40.5 Å². The second-order valence-corrected chi connectivity index (χ2v) is 6.30. The summed E-state index contributed by atoms with van der Waals surface area (Å²) < 4.78 is 60.8. The molecule has 8 heteroatoms. The molecule has 4 nitrogen and oxygen atoms in total. The minimum Gasteiger partial charge on any atom is -0.376 e. The lowest BCUT2D eigenvalue weighted by atomic mass is 10.1. The monoisotopic (exact) mass is 331 g/mol. The smallest absolute Gasteiger partial charge is 0.376 e. The lowest BCUT2D eigenvalue weighted by Gasteiger charge is -2.11. The van der Waals surface area contributed by atoms with E-state index in [1.165, 1.54) is 12.1 Å². The first-order valence-corrected chi connectivity index (χ1v) is 7.87. The van der Waals surface area contributed by atoms with Gasteiger partial charge in [0.2, 0.25) is 0 Å². The van der Waals surface area contributed by atoms with E-state index in [9.17, 15) is 17.4 Å². The lowest BCUT2D eigenvalue weighted by Crippen LogP contribution is -2.10. The maximum atomic E-state index is 12.7. The van der Waals surface area contributed by atoms with Gasteiger partial charge in [-0.15, -0.1) is 0 Å². The zero-order valence-corrected chi connectivity index (χ0v) is 12.2. The van der Waals surface area contributed by atoms with Crippen LogP contribution in [0.3, 0.4) is 0 Å². The Morgan fingerprint density at radius 3 is 2.91 bits per heavy atom. The molecular formula is C14H12F3NO3S. The molecule has 1 atom stereocenters. The molecule has 0 saturated heterocycles. The Morgan fingerprint density at radius 2 is 2.14 bits per heavy atom. The molecule has 1 aliphatic heterocycles. The Hall–Kier alpha value is -1.67. The number of hydrogen-bond acceptors (Lipinski definition) is 4. The SMILES string of the molecule is O=S(Cc1noc2c1COCC2)c1cccc(C(F)(F)F)c1. The summed E-state index contributed by atoms with van der Waals surface area (Å²) in [6, 6.07) is 4.51. The van der Waals surface area contributed by atoms with Gasteiger partial charge in [-0.3, -0.25) is 4.21 Å². The number of fused-ring (bicyclic) bond motifs is 1. The van der Waals surface area contributed by atoms with E-state index in [2.05, 4.69) is 5.16 Å². The molecule has 22 heavy (non-hydrogen) atoms. The van der Waals surface area contributed by atoms with E-state index in [0.717, 1.165) is 17.7 Å². The molecule has 0 N–H and O–H groups in total. The molecule has 1 aromatic carbocycles. The first kappa shape index (κ1) is 15.2. The van der Waals surface area contributed by atoms with Crippen LogP contribution in [0.15, 0.2) is 33.7 Å². The summed E-state index contributed by atoms with van der Waals surface area (Å²) in [4.78, 5) is 0.114. The number of nitrogens with zero attached hydrogens (tertiary/aromatic N) is 1. The van der Waals surface area contributed by atoms with Crippen molar-refractivity contribution in [3.8, 4) is 0 Å². The molecule has 0 saturated carbocycles. The Morgan fingerprint density at radius 1 is 1.32 bits per heavy atom. The number of benzene rings is 1. The Bertz CT molecular complexity index is 712. The minimum atomic E-state index is -4.46. The van der Waals surface area contributed by atoms with Crippen molar-refractivity contribution >= 4 is 10.8 Å². The van der Waals surface area contributed by atoms with E-state index in [0.29, 0.717) is 31.1 Å². The third-order valence-electron chi connectivity index (χ3n) is 3.36. The average molecular weight is 331 g/mol. The highest BCUT2D eigenvalue weighted by atomic mass is 32.2. The summed E-state index contributed by atoms with van der Waals surface area (Å²) >= 11 is 0. The average Bonchev–Trinajstić information content (AvgIpc) is 2.90. The third kappa shape index (κ3) is 3.07. The Kier molecular flexibility index (Phi) is 4.05. The zero-order valence-electron chi connectivity index (χ0n) is 11.4. The highest BCUT2D eigenvalue weighted by molar-refractivity contribution is 7.84. The van der Waals surface area contributed by atoms with Crippen LogP contribution in [0, 0.1) is 0 Å². The maximum Gasteiger partial charge on any atom is 0.416 e. The molecular weight excluding hydrogens is 319 g/mol. The quantitative estimate of drug-likeness (QED) is 0.867. The van der Waals surface area contributed by atoms with Crippen LogP contribution < -0.4 is 0 Å². The summed E-state index contributed by atoms with van der Waals surface area (Å²) in [5.41, 5.74) is 0.417. The van der Waals surface area contributed by atoms with Crippen LogP contribution >= 0.6 is 0 Å². The van der Waals surface area contributed by atoms with Gasteiger partial charge >= 0.3 is 6.18 Å². The lowest BCUT2D eigenvalue weighted by molar-refractivity contribution is -0.137. The number of rotatable bonds is 3. The van der Waals surface area contributed by atoms with Gasteiger partial charge in [0, 0.05) is 16.9 Å². The van der Waals surface area contributed by atoms with E-state index in [1.807, 2.05) is 0 Å². The first-order chi connectivity index (χ1) is 10.4. The molecule has 0 bridgehead atoms. The van der Waals surface area contributed by atoms with E-state index in [-0.39, 0.29) is 10.6 Å². The zero-order chi connectivity index (χ0) is 15.7. The molecule has 0 aliphatic carbocycles. The van der Waals surface area contributed by atoms with Crippen molar-refractivity contribution in [2.75, 3.05) is 6.61 Å². The standard InChI is InChI=1S/C14H12F3NO3S/c15-14(16,17)9-2-1-3-10(6-9)22(19)8-12-11-7-20-5-4-13(11)21-18-12/h1-3,6H,4-5,7-8H2. The second-order valence-electron chi connectivity index (χ2n) is 4.85. The predicted molar refractivity (Wildman–Crippen MR) is 71.4 cm³/mol. The van der Waals surface area contributed by atoms with Crippen molar-refractivity contribution in [2.24, 2.45) is 0 Å². The molecule has 2 heterocycles.